The summed E-state index contributed by atoms with van der Waals surface area (Å²) in [5, 5.41) is 0. The fourth-order valence-corrected chi connectivity index (χ4v) is 5.90. The van der Waals surface area contributed by atoms with Crippen molar-refractivity contribution in [2.75, 3.05) is 0 Å². The van der Waals surface area contributed by atoms with Gasteiger partial charge in [0.05, 0.1) is 6.42 Å². The average Bonchev–Trinajstić information content (AvgIpc) is 2.53. The Hall–Kier alpha value is -1.64. The summed E-state index contributed by atoms with van der Waals surface area (Å²) in [5.41, 5.74) is 0.734. The number of rotatable bonds is 5. The first-order valence-electron chi connectivity index (χ1n) is 9.32. The van der Waals surface area contributed by atoms with Gasteiger partial charge in [-0.25, -0.2) is 0 Å². The second kappa shape index (κ2) is 6.02. The van der Waals surface area contributed by atoms with Crippen LogP contribution in [0.3, 0.4) is 0 Å². The van der Waals surface area contributed by atoms with E-state index in [0.29, 0.717) is 0 Å². The Morgan fingerprint density at radius 2 is 1.58 bits per heavy atom. The molecule has 1 aromatic rings. The van der Waals surface area contributed by atoms with E-state index >= 15 is 0 Å². The highest BCUT2D eigenvalue weighted by Gasteiger charge is 2.55. The molecule has 1 unspecified atom stereocenters. The van der Waals surface area contributed by atoms with E-state index in [1.165, 1.54) is 19.3 Å². The highest BCUT2D eigenvalue weighted by Crippen LogP contribution is 2.60. The zero-order valence-electron chi connectivity index (χ0n) is 14.4. The summed E-state index contributed by atoms with van der Waals surface area (Å²) in [6.45, 7) is 1.77. The first kappa shape index (κ1) is 15.9. The molecule has 1 aromatic carbocycles. The first-order chi connectivity index (χ1) is 11.5. The molecule has 0 N–H and O–H groups in total. The van der Waals surface area contributed by atoms with Gasteiger partial charge in [-0.2, -0.15) is 0 Å². The SMILES string of the molecule is CC(OC(=O)Cc1ccccc1)C(=O)C12CC3CC(CC(C3)C1)C2. The van der Waals surface area contributed by atoms with Crippen molar-refractivity contribution in [1.29, 1.82) is 0 Å². The normalized spacial score (nSPS) is 34.8. The lowest BCUT2D eigenvalue weighted by Gasteiger charge is -2.56. The molecular formula is C21H26O3. The van der Waals surface area contributed by atoms with Gasteiger partial charge in [-0.05, 0) is 68.8 Å². The van der Waals surface area contributed by atoms with E-state index < -0.39 is 6.10 Å². The smallest absolute Gasteiger partial charge is 0.310 e. The maximum atomic E-state index is 13.1. The minimum atomic E-state index is -0.613. The van der Waals surface area contributed by atoms with E-state index in [-0.39, 0.29) is 23.6 Å². The second-order valence-electron chi connectivity index (χ2n) is 8.36. The molecule has 4 aliphatic rings. The van der Waals surface area contributed by atoms with Crippen LogP contribution in [0.2, 0.25) is 0 Å². The van der Waals surface area contributed by atoms with Gasteiger partial charge in [-0.1, -0.05) is 30.3 Å². The van der Waals surface area contributed by atoms with Crippen molar-refractivity contribution >= 4 is 11.8 Å². The summed E-state index contributed by atoms with van der Waals surface area (Å²) in [4.78, 5) is 25.3. The van der Waals surface area contributed by atoms with Crippen LogP contribution in [0.25, 0.3) is 0 Å². The van der Waals surface area contributed by atoms with Crippen LogP contribution >= 0.6 is 0 Å². The third kappa shape index (κ3) is 2.89. The van der Waals surface area contributed by atoms with Gasteiger partial charge in [0.25, 0.3) is 0 Å². The lowest BCUT2D eigenvalue weighted by molar-refractivity contribution is -0.164. The standard InChI is InChI=1S/C21H26O3/c1-14(24-19(22)10-15-5-3-2-4-6-15)20(23)21-11-16-7-17(12-21)9-18(8-16)13-21/h2-6,14,16-18H,7-13H2,1H3. The summed E-state index contributed by atoms with van der Waals surface area (Å²) < 4.78 is 5.52. The van der Waals surface area contributed by atoms with Crippen molar-refractivity contribution in [2.45, 2.75) is 58.0 Å². The van der Waals surface area contributed by atoms with Crippen LogP contribution in [-0.4, -0.2) is 17.9 Å². The molecule has 0 aromatic heterocycles. The third-order valence-corrected chi connectivity index (χ3v) is 6.43. The van der Waals surface area contributed by atoms with Gasteiger partial charge in [-0.15, -0.1) is 0 Å². The van der Waals surface area contributed by atoms with E-state index in [9.17, 15) is 9.59 Å². The summed E-state index contributed by atoms with van der Waals surface area (Å²) >= 11 is 0. The number of hydrogen-bond acceptors (Lipinski definition) is 3. The fraction of sp³-hybridized carbons (Fsp3) is 0.619. The van der Waals surface area contributed by atoms with Crippen molar-refractivity contribution in [1.82, 2.24) is 0 Å². The molecule has 3 nitrogen and oxygen atoms in total. The number of esters is 1. The first-order valence-corrected chi connectivity index (χ1v) is 9.32. The van der Waals surface area contributed by atoms with E-state index in [1.54, 1.807) is 6.92 Å². The molecule has 3 heteroatoms. The molecule has 0 aliphatic heterocycles. The number of hydrogen-bond donors (Lipinski definition) is 0. The van der Waals surface area contributed by atoms with Gasteiger partial charge in [-0.3, -0.25) is 9.59 Å². The van der Waals surface area contributed by atoms with Crippen molar-refractivity contribution in [3.05, 3.63) is 35.9 Å². The number of ether oxygens (including phenoxy) is 1. The van der Waals surface area contributed by atoms with Crippen LogP contribution in [0.4, 0.5) is 0 Å². The Balaban J connectivity index is 1.40. The van der Waals surface area contributed by atoms with Crippen LogP contribution in [0, 0.1) is 23.2 Å². The fourth-order valence-electron chi connectivity index (χ4n) is 5.90. The van der Waals surface area contributed by atoms with E-state index in [1.807, 2.05) is 30.3 Å². The lowest BCUT2D eigenvalue weighted by atomic mass is 9.48. The minimum absolute atomic E-state index is 0.183. The largest absolute Gasteiger partial charge is 0.454 e. The Morgan fingerprint density at radius 3 is 2.12 bits per heavy atom. The average molecular weight is 326 g/mol. The Morgan fingerprint density at radius 1 is 1.04 bits per heavy atom. The highest BCUT2D eigenvalue weighted by molar-refractivity contribution is 5.91. The molecule has 128 valence electrons. The summed E-state index contributed by atoms with van der Waals surface area (Å²) in [5.74, 6) is 2.07. The van der Waals surface area contributed by atoms with Gasteiger partial charge >= 0.3 is 5.97 Å². The zero-order valence-corrected chi connectivity index (χ0v) is 14.4. The molecule has 5 rings (SSSR count). The van der Waals surface area contributed by atoms with Crippen LogP contribution in [0.5, 0.6) is 0 Å². The van der Waals surface area contributed by atoms with Crippen LogP contribution < -0.4 is 0 Å². The molecule has 0 radical (unpaired) electrons. The van der Waals surface area contributed by atoms with E-state index in [4.69, 9.17) is 4.74 Å². The van der Waals surface area contributed by atoms with Crippen molar-refractivity contribution in [3.8, 4) is 0 Å². The molecule has 4 bridgehead atoms. The van der Waals surface area contributed by atoms with Crippen LogP contribution in [0.15, 0.2) is 30.3 Å². The quantitative estimate of drug-likeness (QED) is 0.770. The Labute approximate surface area is 143 Å². The number of Topliss-reactive ketones (excluding diaryl/α,β-unsaturated/α-hetero) is 1. The third-order valence-electron chi connectivity index (χ3n) is 6.43. The van der Waals surface area contributed by atoms with Crippen LogP contribution in [-0.2, 0) is 20.7 Å². The predicted molar refractivity (Wildman–Crippen MR) is 91.3 cm³/mol. The molecule has 4 saturated carbocycles. The Kier molecular flexibility index (Phi) is 3.98. The topological polar surface area (TPSA) is 43.4 Å². The van der Waals surface area contributed by atoms with Gasteiger partial charge in [0.15, 0.2) is 11.9 Å². The predicted octanol–water partition coefficient (Wildman–Crippen LogP) is 3.95. The van der Waals surface area contributed by atoms with Crippen molar-refractivity contribution in [3.63, 3.8) is 0 Å². The van der Waals surface area contributed by atoms with Crippen molar-refractivity contribution in [2.24, 2.45) is 23.2 Å². The van der Waals surface area contributed by atoms with Gasteiger partial charge in [0.2, 0.25) is 0 Å². The van der Waals surface area contributed by atoms with Gasteiger partial charge < -0.3 is 4.74 Å². The summed E-state index contributed by atoms with van der Waals surface area (Å²) in [6, 6.07) is 9.56. The molecule has 1 atom stereocenters. The molecule has 4 fully saturated rings. The maximum Gasteiger partial charge on any atom is 0.310 e. The minimum Gasteiger partial charge on any atom is -0.454 e. The molecule has 0 spiro atoms. The zero-order chi connectivity index (χ0) is 16.7. The molecule has 24 heavy (non-hydrogen) atoms. The molecule has 0 saturated heterocycles. The number of ketones is 1. The molecule has 0 heterocycles. The summed E-state index contributed by atoms with van der Waals surface area (Å²) in [7, 11) is 0. The van der Waals surface area contributed by atoms with E-state index in [2.05, 4.69) is 0 Å². The van der Waals surface area contributed by atoms with Gasteiger partial charge in [0.1, 0.15) is 0 Å². The van der Waals surface area contributed by atoms with E-state index in [0.717, 1.165) is 42.6 Å². The highest BCUT2D eigenvalue weighted by atomic mass is 16.5. The lowest BCUT2D eigenvalue weighted by Crippen LogP contribution is -2.52. The Bertz CT molecular complexity index is 598. The molecule has 4 aliphatic carbocycles. The number of carbonyl (C=O) groups is 2. The van der Waals surface area contributed by atoms with Crippen LogP contribution in [0.1, 0.15) is 51.0 Å². The van der Waals surface area contributed by atoms with Gasteiger partial charge in [0, 0.05) is 5.41 Å². The number of carbonyl (C=O) groups excluding carboxylic acids is 2. The summed E-state index contributed by atoms with van der Waals surface area (Å²) in [6.07, 6.45) is 6.64. The molecular weight excluding hydrogens is 300 g/mol. The second-order valence-corrected chi connectivity index (χ2v) is 8.36. The van der Waals surface area contributed by atoms with Crippen molar-refractivity contribution < 1.29 is 14.3 Å². The monoisotopic (exact) mass is 326 g/mol. The number of benzene rings is 1. The maximum absolute atomic E-state index is 13.1. The molecule has 0 amide bonds.